The number of alkyl halides is 3. The molecule has 1 aromatic heterocycles. The van der Waals surface area contributed by atoms with Crippen molar-refractivity contribution < 1.29 is 37.1 Å². The Balaban J connectivity index is 1.60. The standard InChI is InChI=1S/C31H22Cl2F3N3O7S/c1-3-45-29(41)24-25(18-6-8-19(32)9-7-18)38-28(40)23(47-30(38)37-27(24)31(34,35)36)14-17-12-21(33)26(22(13-17)44-2)46-15-16-4-10-20(11-5-16)39(42)43/h4-14,25H,3,15H2,1-2H3/b23-14-/t25-/m1/s1. The molecule has 1 atom stereocenters. The number of nitro groups is 1. The first-order valence-corrected chi connectivity index (χ1v) is 15.2. The predicted octanol–water partition coefficient (Wildman–Crippen LogP) is 6.14. The van der Waals surface area contributed by atoms with E-state index in [0.29, 0.717) is 27.5 Å². The van der Waals surface area contributed by atoms with Crippen molar-refractivity contribution in [2.24, 2.45) is 4.99 Å². The number of carbonyl (C=O) groups is 1. The molecule has 0 amide bonds. The summed E-state index contributed by atoms with van der Waals surface area (Å²) in [7, 11) is 1.36. The molecule has 0 bridgehead atoms. The SMILES string of the molecule is CCOC(=O)C1=C(C(F)(F)F)N=c2s/c(=C\c3cc(Cl)c(OCc4ccc([N+](=O)[O-])cc4)c(OC)c3)c(=O)n2[C@@H]1c1ccc(Cl)cc1. The van der Waals surface area contributed by atoms with Crippen LogP contribution in [0.3, 0.4) is 0 Å². The number of allylic oxidation sites excluding steroid dienone is 1. The Bertz CT molecular complexity index is 2080. The molecular weight excluding hydrogens is 686 g/mol. The van der Waals surface area contributed by atoms with Crippen LogP contribution < -0.4 is 24.4 Å². The van der Waals surface area contributed by atoms with Gasteiger partial charge in [-0.15, -0.1) is 0 Å². The van der Waals surface area contributed by atoms with E-state index in [9.17, 15) is 32.9 Å². The van der Waals surface area contributed by atoms with Gasteiger partial charge in [0.25, 0.3) is 11.2 Å². The number of hydrogen-bond donors (Lipinski definition) is 0. The number of carbonyl (C=O) groups excluding carboxylic acids is 1. The monoisotopic (exact) mass is 707 g/mol. The van der Waals surface area contributed by atoms with E-state index >= 15 is 0 Å². The number of thiazole rings is 1. The van der Waals surface area contributed by atoms with Gasteiger partial charge in [-0.2, -0.15) is 13.2 Å². The molecule has 47 heavy (non-hydrogen) atoms. The molecule has 0 radical (unpaired) electrons. The molecule has 3 aromatic carbocycles. The number of hydrogen-bond acceptors (Lipinski definition) is 9. The molecule has 1 aliphatic heterocycles. The summed E-state index contributed by atoms with van der Waals surface area (Å²) in [5, 5.41) is 11.3. The molecule has 0 spiro atoms. The summed E-state index contributed by atoms with van der Waals surface area (Å²) < 4.78 is 60.3. The normalized spacial score (nSPS) is 14.8. The Labute approximate surface area is 277 Å². The van der Waals surface area contributed by atoms with Crippen LogP contribution in [0, 0.1) is 10.1 Å². The third-order valence-corrected chi connectivity index (χ3v) is 8.38. The van der Waals surface area contributed by atoms with Gasteiger partial charge in [-0.05, 0) is 66.1 Å². The van der Waals surface area contributed by atoms with Crippen molar-refractivity contribution in [3.8, 4) is 11.5 Å². The first-order chi connectivity index (χ1) is 22.3. The van der Waals surface area contributed by atoms with Crippen molar-refractivity contribution in [2.75, 3.05) is 13.7 Å². The number of halogens is 5. The first kappa shape index (κ1) is 33.7. The summed E-state index contributed by atoms with van der Waals surface area (Å²) in [5.41, 5.74) is -1.95. The van der Waals surface area contributed by atoms with Crippen LogP contribution in [0.4, 0.5) is 18.9 Å². The summed E-state index contributed by atoms with van der Waals surface area (Å²) in [4.78, 5) is 40.7. The van der Waals surface area contributed by atoms with Gasteiger partial charge in [0.2, 0.25) is 0 Å². The minimum atomic E-state index is -5.05. The third kappa shape index (κ3) is 7.04. The average molecular weight is 708 g/mol. The van der Waals surface area contributed by atoms with Crippen molar-refractivity contribution in [3.05, 3.63) is 128 Å². The highest BCUT2D eigenvalue weighted by Gasteiger charge is 2.45. The Morgan fingerprint density at radius 1 is 1.13 bits per heavy atom. The van der Waals surface area contributed by atoms with E-state index in [1.54, 1.807) is 0 Å². The molecular formula is C31H22Cl2F3N3O7S. The van der Waals surface area contributed by atoms with Gasteiger partial charge in [-0.1, -0.05) is 46.7 Å². The van der Waals surface area contributed by atoms with E-state index in [4.69, 9.17) is 37.4 Å². The van der Waals surface area contributed by atoms with Crippen molar-refractivity contribution in [3.63, 3.8) is 0 Å². The highest BCUT2D eigenvalue weighted by Crippen LogP contribution is 2.39. The maximum atomic E-state index is 14.3. The molecule has 244 valence electrons. The summed E-state index contributed by atoms with van der Waals surface area (Å²) in [6, 6.07) is 12.9. The molecule has 0 fully saturated rings. The minimum absolute atomic E-state index is 0.00105. The second-order valence-electron chi connectivity index (χ2n) is 9.86. The molecule has 1 aliphatic rings. The largest absolute Gasteiger partial charge is 0.493 e. The zero-order valence-electron chi connectivity index (χ0n) is 24.3. The Hall–Kier alpha value is -4.66. The molecule has 10 nitrogen and oxygen atoms in total. The van der Waals surface area contributed by atoms with Crippen LogP contribution in [0.5, 0.6) is 11.5 Å². The van der Waals surface area contributed by atoms with Gasteiger partial charge in [0.1, 0.15) is 6.61 Å². The Kier molecular flexibility index (Phi) is 9.75. The zero-order chi connectivity index (χ0) is 34.0. The maximum Gasteiger partial charge on any atom is 0.434 e. The van der Waals surface area contributed by atoms with Gasteiger partial charge >= 0.3 is 12.1 Å². The van der Waals surface area contributed by atoms with E-state index in [1.807, 2.05) is 0 Å². The lowest BCUT2D eigenvalue weighted by Crippen LogP contribution is -2.41. The number of nitrogens with zero attached hydrogens (tertiary/aromatic N) is 3. The van der Waals surface area contributed by atoms with Gasteiger partial charge in [-0.3, -0.25) is 19.5 Å². The van der Waals surface area contributed by atoms with Crippen LogP contribution >= 0.6 is 34.5 Å². The van der Waals surface area contributed by atoms with E-state index in [2.05, 4.69) is 4.99 Å². The fourth-order valence-corrected chi connectivity index (χ4v) is 6.19. The number of nitro benzene ring substituents is 1. The summed E-state index contributed by atoms with van der Waals surface area (Å²) >= 11 is 13.2. The van der Waals surface area contributed by atoms with Gasteiger partial charge < -0.3 is 14.2 Å². The molecule has 0 saturated heterocycles. The van der Waals surface area contributed by atoms with Crippen LogP contribution in [0.1, 0.15) is 29.7 Å². The number of rotatable bonds is 9. The van der Waals surface area contributed by atoms with Gasteiger partial charge in [0.15, 0.2) is 22.0 Å². The molecule has 0 unspecified atom stereocenters. The third-order valence-electron chi connectivity index (χ3n) is 6.86. The number of aromatic nitrogens is 1. The molecule has 0 N–H and O–H groups in total. The first-order valence-electron chi connectivity index (χ1n) is 13.6. The summed E-state index contributed by atoms with van der Waals surface area (Å²) in [6.45, 7) is 1.24. The fourth-order valence-electron chi connectivity index (χ4n) is 4.78. The minimum Gasteiger partial charge on any atom is -0.493 e. The van der Waals surface area contributed by atoms with Crippen LogP contribution in [0.25, 0.3) is 6.08 Å². The number of non-ortho nitro benzene ring substituents is 1. The second-order valence-corrected chi connectivity index (χ2v) is 11.7. The Morgan fingerprint density at radius 3 is 2.40 bits per heavy atom. The topological polar surface area (TPSA) is 122 Å². The second kappa shape index (κ2) is 13.6. The molecule has 16 heteroatoms. The van der Waals surface area contributed by atoms with E-state index in [1.165, 1.54) is 80.8 Å². The zero-order valence-corrected chi connectivity index (χ0v) is 26.7. The molecule has 2 heterocycles. The molecule has 0 saturated carbocycles. The van der Waals surface area contributed by atoms with Gasteiger partial charge in [0, 0.05) is 17.2 Å². The summed E-state index contributed by atoms with van der Waals surface area (Å²) in [5.74, 6) is -0.928. The predicted molar refractivity (Wildman–Crippen MR) is 168 cm³/mol. The number of fused-ring (bicyclic) bond motifs is 1. The van der Waals surface area contributed by atoms with Crippen LogP contribution in [-0.4, -0.2) is 35.4 Å². The van der Waals surface area contributed by atoms with Crippen molar-refractivity contribution in [1.82, 2.24) is 4.57 Å². The number of esters is 1. The van der Waals surface area contributed by atoms with Crippen molar-refractivity contribution in [1.29, 1.82) is 0 Å². The number of benzene rings is 3. The van der Waals surface area contributed by atoms with Gasteiger partial charge in [0.05, 0.1) is 39.8 Å². The smallest absolute Gasteiger partial charge is 0.434 e. The quantitative estimate of drug-likeness (QED) is 0.116. The summed E-state index contributed by atoms with van der Waals surface area (Å²) in [6.07, 6.45) is -3.65. The molecule has 0 aliphatic carbocycles. The number of ether oxygens (including phenoxy) is 3. The number of methoxy groups -OCH3 is 1. The van der Waals surface area contributed by atoms with Crippen molar-refractivity contribution >= 4 is 52.3 Å². The highest BCUT2D eigenvalue weighted by atomic mass is 35.5. The average Bonchev–Trinajstić information content (AvgIpc) is 3.33. The van der Waals surface area contributed by atoms with Gasteiger partial charge in [-0.25, -0.2) is 9.79 Å². The molecule has 5 rings (SSSR count). The van der Waals surface area contributed by atoms with Crippen LogP contribution in [0.2, 0.25) is 10.0 Å². The van der Waals surface area contributed by atoms with Crippen LogP contribution in [-0.2, 0) is 16.1 Å². The van der Waals surface area contributed by atoms with E-state index in [0.717, 1.165) is 4.57 Å². The van der Waals surface area contributed by atoms with Crippen LogP contribution in [0.15, 0.2) is 81.7 Å². The highest BCUT2D eigenvalue weighted by molar-refractivity contribution is 7.07. The van der Waals surface area contributed by atoms with E-state index < -0.39 is 39.9 Å². The lowest BCUT2D eigenvalue weighted by Gasteiger charge is -2.26. The van der Waals surface area contributed by atoms with Crippen molar-refractivity contribution in [2.45, 2.75) is 25.7 Å². The van der Waals surface area contributed by atoms with E-state index in [-0.39, 0.29) is 50.3 Å². The maximum absolute atomic E-state index is 14.3. The molecule has 4 aromatic rings. The fraction of sp³-hybridized carbons (Fsp3) is 0.194. The Morgan fingerprint density at radius 2 is 1.81 bits per heavy atom. The lowest BCUT2D eigenvalue weighted by molar-refractivity contribution is -0.384. The lowest BCUT2D eigenvalue weighted by atomic mass is 9.95.